The SMILES string of the molecule is Cc1cc(C)c2c(n1)SCCS2. The second-order valence-corrected chi connectivity index (χ2v) is 5.10. The van der Waals surface area contributed by atoms with E-state index in [9.17, 15) is 0 Å². The average Bonchev–Trinajstić information content (AvgIpc) is 2.04. The highest BCUT2D eigenvalue weighted by molar-refractivity contribution is 8.05. The maximum atomic E-state index is 4.52. The van der Waals surface area contributed by atoms with Gasteiger partial charge in [-0.1, -0.05) is 0 Å². The van der Waals surface area contributed by atoms with E-state index in [0.29, 0.717) is 0 Å². The molecule has 1 nitrogen and oxygen atoms in total. The number of aromatic nitrogens is 1. The molecule has 0 spiro atoms. The molecule has 12 heavy (non-hydrogen) atoms. The van der Waals surface area contributed by atoms with Gasteiger partial charge in [-0.3, -0.25) is 0 Å². The van der Waals surface area contributed by atoms with Crippen LogP contribution in [-0.2, 0) is 0 Å². The summed E-state index contributed by atoms with van der Waals surface area (Å²) in [6.45, 7) is 4.24. The third-order valence-corrected chi connectivity index (χ3v) is 4.40. The number of rotatable bonds is 0. The van der Waals surface area contributed by atoms with Crippen molar-refractivity contribution in [3.8, 4) is 0 Å². The lowest BCUT2D eigenvalue weighted by Crippen LogP contribution is -1.99. The summed E-state index contributed by atoms with van der Waals surface area (Å²) in [5.41, 5.74) is 2.52. The largest absolute Gasteiger partial charge is 0.246 e. The van der Waals surface area contributed by atoms with Crippen LogP contribution in [0.3, 0.4) is 0 Å². The summed E-state index contributed by atoms with van der Waals surface area (Å²) in [7, 11) is 0. The highest BCUT2D eigenvalue weighted by atomic mass is 32.2. The van der Waals surface area contributed by atoms with E-state index in [1.807, 2.05) is 23.5 Å². The van der Waals surface area contributed by atoms with Crippen LogP contribution in [0.4, 0.5) is 0 Å². The van der Waals surface area contributed by atoms with Crippen molar-refractivity contribution in [3.05, 3.63) is 17.3 Å². The van der Waals surface area contributed by atoms with Crippen LogP contribution in [0.5, 0.6) is 0 Å². The fraction of sp³-hybridized carbons (Fsp3) is 0.444. The van der Waals surface area contributed by atoms with Crippen molar-refractivity contribution in [2.24, 2.45) is 0 Å². The van der Waals surface area contributed by atoms with Gasteiger partial charge in [0.2, 0.25) is 0 Å². The molecule has 0 atom stereocenters. The summed E-state index contributed by atoms with van der Waals surface area (Å²) < 4.78 is 0. The Labute approximate surface area is 81.4 Å². The first-order valence-electron chi connectivity index (χ1n) is 4.01. The standard InChI is InChI=1S/C9H11NS2/c1-6-5-7(2)10-9-8(6)11-3-4-12-9/h5H,3-4H2,1-2H3. The summed E-state index contributed by atoms with van der Waals surface area (Å²) in [6, 6.07) is 2.16. The van der Waals surface area contributed by atoms with Crippen molar-refractivity contribution in [2.75, 3.05) is 11.5 Å². The molecule has 0 fully saturated rings. The summed E-state index contributed by atoms with van der Waals surface area (Å²) in [5.74, 6) is 2.43. The molecule has 2 heterocycles. The quantitative estimate of drug-likeness (QED) is 0.635. The molecule has 0 amide bonds. The summed E-state index contributed by atoms with van der Waals surface area (Å²) in [4.78, 5) is 5.92. The van der Waals surface area contributed by atoms with Crippen LogP contribution in [0, 0.1) is 13.8 Å². The van der Waals surface area contributed by atoms with Gasteiger partial charge < -0.3 is 0 Å². The first-order valence-corrected chi connectivity index (χ1v) is 5.98. The molecule has 1 aliphatic rings. The van der Waals surface area contributed by atoms with Crippen LogP contribution < -0.4 is 0 Å². The normalized spacial score (nSPS) is 15.8. The zero-order valence-corrected chi connectivity index (χ0v) is 8.89. The summed E-state index contributed by atoms with van der Waals surface area (Å²) >= 11 is 3.83. The molecule has 1 aromatic heterocycles. The smallest absolute Gasteiger partial charge is 0.110 e. The number of hydrogen-bond acceptors (Lipinski definition) is 3. The van der Waals surface area contributed by atoms with Crippen molar-refractivity contribution < 1.29 is 0 Å². The maximum Gasteiger partial charge on any atom is 0.110 e. The molecule has 0 unspecified atom stereocenters. The second kappa shape index (κ2) is 3.30. The van der Waals surface area contributed by atoms with Crippen LogP contribution in [0.15, 0.2) is 16.0 Å². The molecular formula is C9H11NS2. The predicted octanol–water partition coefficient (Wildman–Crippen LogP) is 2.90. The Morgan fingerprint density at radius 1 is 1.25 bits per heavy atom. The van der Waals surface area contributed by atoms with Crippen molar-refractivity contribution >= 4 is 23.5 Å². The van der Waals surface area contributed by atoms with Crippen LogP contribution in [0.2, 0.25) is 0 Å². The number of fused-ring (bicyclic) bond motifs is 1. The van der Waals surface area contributed by atoms with E-state index < -0.39 is 0 Å². The molecule has 1 aromatic rings. The number of nitrogens with zero attached hydrogens (tertiary/aromatic N) is 1. The first-order chi connectivity index (χ1) is 5.77. The molecule has 3 heteroatoms. The summed E-state index contributed by atoms with van der Waals surface area (Å²) in [6.07, 6.45) is 0. The Balaban J connectivity index is 2.53. The molecule has 64 valence electrons. The van der Waals surface area contributed by atoms with Crippen LogP contribution in [0.1, 0.15) is 11.3 Å². The van der Waals surface area contributed by atoms with Crippen molar-refractivity contribution in [1.82, 2.24) is 4.98 Å². The van der Waals surface area contributed by atoms with Gasteiger partial charge in [0.05, 0.1) is 0 Å². The fourth-order valence-corrected chi connectivity index (χ4v) is 3.72. The van der Waals surface area contributed by atoms with E-state index in [-0.39, 0.29) is 0 Å². The number of aryl methyl sites for hydroxylation is 2. The fourth-order valence-electron chi connectivity index (χ4n) is 1.35. The topological polar surface area (TPSA) is 12.9 Å². The Bertz CT molecular complexity index is 310. The average molecular weight is 197 g/mol. The lowest BCUT2D eigenvalue weighted by molar-refractivity contribution is 0.957. The minimum absolute atomic E-state index is 1.14. The highest BCUT2D eigenvalue weighted by Crippen LogP contribution is 2.37. The second-order valence-electron chi connectivity index (χ2n) is 2.91. The molecular weight excluding hydrogens is 186 g/mol. The van der Waals surface area contributed by atoms with Gasteiger partial charge in [0.1, 0.15) is 5.03 Å². The lowest BCUT2D eigenvalue weighted by atomic mass is 10.2. The zero-order valence-electron chi connectivity index (χ0n) is 7.26. The minimum Gasteiger partial charge on any atom is -0.246 e. The summed E-state index contributed by atoms with van der Waals surface area (Å²) in [5, 5.41) is 1.24. The van der Waals surface area contributed by atoms with Gasteiger partial charge >= 0.3 is 0 Å². The van der Waals surface area contributed by atoms with Crippen LogP contribution in [0.25, 0.3) is 0 Å². The predicted molar refractivity (Wildman–Crippen MR) is 55.2 cm³/mol. The Morgan fingerprint density at radius 2 is 2.00 bits per heavy atom. The molecule has 2 rings (SSSR count). The van der Waals surface area contributed by atoms with Gasteiger partial charge in [0.25, 0.3) is 0 Å². The van der Waals surface area contributed by atoms with Gasteiger partial charge in [-0.2, -0.15) is 0 Å². The van der Waals surface area contributed by atoms with Crippen molar-refractivity contribution in [1.29, 1.82) is 0 Å². The molecule has 1 aliphatic heterocycles. The Hall–Kier alpha value is -0.150. The van der Waals surface area contributed by atoms with Gasteiger partial charge in [0, 0.05) is 22.1 Å². The molecule has 0 saturated carbocycles. The molecule has 0 bridgehead atoms. The number of hydrogen-bond donors (Lipinski definition) is 0. The maximum absolute atomic E-state index is 4.52. The van der Waals surface area contributed by atoms with E-state index in [4.69, 9.17) is 0 Å². The van der Waals surface area contributed by atoms with Crippen molar-refractivity contribution in [2.45, 2.75) is 23.8 Å². The van der Waals surface area contributed by atoms with E-state index in [1.54, 1.807) is 0 Å². The molecule has 0 N–H and O–H groups in total. The first kappa shape index (κ1) is 8.45. The van der Waals surface area contributed by atoms with Crippen LogP contribution in [-0.4, -0.2) is 16.5 Å². The zero-order chi connectivity index (χ0) is 8.55. The van der Waals surface area contributed by atoms with Gasteiger partial charge in [-0.25, -0.2) is 4.98 Å². The minimum atomic E-state index is 1.14. The molecule has 0 saturated heterocycles. The number of thioether (sulfide) groups is 2. The van der Waals surface area contributed by atoms with E-state index in [2.05, 4.69) is 24.9 Å². The molecule has 0 aromatic carbocycles. The van der Waals surface area contributed by atoms with Crippen molar-refractivity contribution in [3.63, 3.8) is 0 Å². The van der Waals surface area contributed by atoms with Gasteiger partial charge in [-0.15, -0.1) is 23.5 Å². The Kier molecular flexibility index (Phi) is 2.33. The van der Waals surface area contributed by atoms with Gasteiger partial charge in [0.15, 0.2) is 0 Å². The lowest BCUT2D eigenvalue weighted by Gasteiger charge is -2.16. The van der Waals surface area contributed by atoms with E-state index in [0.717, 1.165) is 5.69 Å². The third-order valence-electron chi connectivity index (χ3n) is 1.82. The van der Waals surface area contributed by atoms with E-state index >= 15 is 0 Å². The number of pyridine rings is 1. The monoisotopic (exact) mass is 197 g/mol. The molecule has 0 aliphatic carbocycles. The highest BCUT2D eigenvalue weighted by Gasteiger charge is 2.13. The van der Waals surface area contributed by atoms with Crippen LogP contribution >= 0.6 is 23.5 Å². The Morgan fingerprint density at radius 3 is 2.83 bits per heavy atom. The van der Waals surface area contributed by atoms with Gasteiger partial charge in [-0.05, 0) is 25.5 Å². The van der Waals surface area contributed by atoms with E-state index in [1.165, 1.54) is 27.0 Å². The molecule has 0 radical (unpaired) electrons. The third kappa shape index (κ3) is 1.48.